The van der Waals surface area contributed by atoms with E-state index in [4.69, 9.17) is 0 Å². The highest BCUT2D eigenvalue weighted by Gasteiger charge is 2.20. The van der Waals surface area contributed by atoms with E-state index in [-0.39, 0.29) is 18.6 Å². The lowest BCUT2D eigenvalue weighted by Gasteiger charge is -2.28. The van der Waals surface area contributed by atoms with Crippen LogP contribution < -0.4 is 5.32 Å². The largest absolute Gasteiger partial charge is 0.465 e. The molecule has 0 aliphatic carbocycles. The van der Waals surface area contributed by atoms with Crippen LogP contribution in [0.25, 0.3) is 0 Å². The fourth-order valence-corrected chi connectivity index (χ4v) is 2.89. The lowest BCUT2D eigenvalue weighted by atomic mass is 10.1. The van der Waals surface area contributed by atoms with E-state index in [2.05, 4.69) is 10.1 Å². The van der Waals surface area contributed by atoms with Crippen molar-refractivity contribution in [3.8, 4) is 0 Å². The van der Waals surface area contributed by atoms with E-state index in [1.165, 1.54) is 18.4 Å². The number of ether oxygens (including phenoxy) is 1. The molecule has 0 atom stereocenters. The number of esters is 1. The molecule has 0 bridgehead atoms. The molecule has 2 rings (SSSR count). The number of piperidine rings is 1. The van der Waals surface area contributed by atoms with E-state index in [0.717, 1.165) is 0 Å². The highest BCUT2D eigenvalue weighted by atomic mass is 32.1. The smallest absolute Gasteiger partial charge is 0.350 e. The molecule has 0 spiro atoms. The third kappa shape index (κ3) is 3.78. The molecule has 1 amide bonds. The van der Waals surface area contributed by atoms with Crippen LogP contribution in [0.5, 0.6) is 0 Å². The zero-order chi connectivity index (χ0) is 14.5. The standard InChI is InChI=1S/C13H18N2O4S/c1-19-13(18)12-10(4-7-20-12)14-11(17)8-15-5-2-9(16)3-6-15/h4,7,9,16H,2-3,5-6,8H2,1H3,(H,14,17). The summed E-state index contributed by atoms with van der Waals surface area (Å²) < 4.78 is 4.66. The molecule has 7 heteroatoms. The summed E-state index contributed by atoms with van der Waals surface area (Å²) in [4.78, 5) is 25.9. The van der Waals surface area contributed by atoms with E-state index >= 15 is 0 Å². The summed E-state index contributed by atoms with van der Waals surface area (Å²) in [5.74, 6) is -0.610. The number of amides is 1. The second-order valence-corrected chi connectivity index (χ2v) is 5.63. The van der Waals surface area contributed by atoms with Crippen molar-refractivity contribution in [2.45, 2.75) is 18.9 Å². The van der Waals surface area contributed by atoms with Crippen molar-refractivity contribution in [3.63, 3.8) is 0 Å². The molecular formula is C13H18N2O4S. The van der Waals surface area contributed by atoms with Crippen molar-refractivity contribution in [3.05, 3.63) is 16.3 Å². The number of aliphatic hydroxyl groups is 1. The minimum Gasteiger partial charge on any atom is -0.465 e. The quantitative estimate of drug-likeness (QED) is 0.809. The summed E-state index contributed by atoms with van der Waals surface area (Å²) in [6, 6.07) is 1.69. The predicted octanol–water partition coefficient (Wildman–Crippen LogP) is 0.930. The number of nitrogens with zero attached hydrogens (tertiary/aromatic N) is 1. The first-order chi connectivity index (χ1) is 9.60. The monoisotopic (exact) mass is 298 g/mol. The highest BCUT2D eigenvalue weighted by molar-refractivity contribution is 7.12. The topological polar surface area (TPSA) is 78.9 Å². The van der Waals surface area contributed by atoms with Crippen molar-refractivity contribution in [1.82, 2.24) is 4.90 Å². The molecule has 2 N–H and O–H groups in total. The third-order valence-corrected chi connectivity index (χ3v) is 4.13. The Kier molecular flexibility index (Phi) is 5.11. The van der Waals surface area contributed by atoms with Crippen LogP contribution in [0.4, 0.5) is 5.69 Å². The molecular weight excluding hydrogens is 280 g/mol. The summed E-state index contributed by atoms with van der Waals surface area (Å²) in [6.07, 6.45) is 1.13. The average molecular weight is 298 g/mol. The Hall–Kier alpha value is -1.44. The Morgan fingerprint density at radius 3 is 2.85 bits per heavy atom. The molecule has 6 nitrogen and oxygen atoms in total. The van der Waals surface area contributed by atoms with Gasteiger partial charge >= 0.3 is 5.97 Å². The first-order valence-electron chi connectivity index (χ1n) is 6.46. The summed E-state index contributed by atoms with van der Waals surface area (Å²) >= 11 is 1.23. The number of likely N-dealkylation sites (tertiary alicyclic amines) is 1. The number of anilines is 1. The van der Waals surface area contributed by atoms with E-state index in [1.807, 2.05) is 4.90 Å². The van der Waals surface area contributed by atoms with Crippen molar-refractivity contribution in [2.24, 2.45) is 0 Å². The van der Waals surface area contributed by atoms with Crippen LogP contribution in [0.1, 0.15) is 22.5 Å². The summed E-state index contributed by atoms with van der Waals surface area (Å²) in [6.45, 7) is 1.69. The molecule has 1 aliphatic heterocycles. The molecule has 1 aromatic heterocycles. The van der Waals surface area contributed by atoms with Gasteiger partial charge in [-0.25, -0.2) is 4.79 Å². The summed E-state index contributed by atoms with van der Waals surface area (Å²) in [7, 11) is 1.31. The molecule has 2 heterocycles. The van der Waals surface area contributed by atoms with Gasteiger partial charge in [0, 0.05) is 13.1 Å². The van der Waals surface area contributed by atoms with Gasteiger partial charge in [0.15, 0.2) is 0 Å². The second-order valence-electron chi connectivity index (χ2n) is 4.71. The minimum absolute atomic E-state index is 0.162. The van der Waals surface area contributed by atoms with Crippen molar-refractivity contribution in [2.75, 3.05) is 32.1 Å². The van der Waals surface area contributed by atoms with Crippen molar-refractivity contribution < 1.29 is 19.4 Å². The molecule has 0 saturated carbocycles. The number of rotatable bonds is 4. The molecule has 1 aliphatic rings. The first-order valence-corrected chi connectivity index (χ1v) is 7.34. The Labute approximate surface area is 121 Å². The lowest BCUT2D eigenvalue weighted by Crippen LogP contribution is -2.40. The van der Waals surface area contributed by atoms with Crippen LogP contribution in [0, 0.1) is 0 Å². The summed E-state index contributed by atoms with van der Waals surface area (Å²) in [5, 5.41) is 13.9. The zero-order valence-corrected chi connectivity index (χ0v) is 12.1. The lowest BCUT2D eigenvalue weighted by molar-refractivity contribution is -0.117. The molecule has 0 unspecified atom stereocenters. The van der Waals surface area contributed by atoms with Crippen LogP contribution in [-0.2, 0) is 9.53 Å². The molecule has 20 heavy (non-hydrogen) atoms. The summed E-state index contributed by atoms with van der Waals surface area (Å²) in [5.41, 5.74) is 0.490. The molecule has 0 radical (unpaired) electrons. The van der Waals surface area contributed by atoms with Crippen LogP contribution in [0.15, 0.2) is 11.4 Å². The highest BCUT2D eigenvalue weighted by Crippen LogP contribution is 2.23. The predicted molar refractivity (Wildman–Crippen MR) is 76.0 cm³/mol. The van der Waals surface area contributed by atoms with Crippen LogP contribution in [0.2, 0.25) is 0 Å². The number of methoxy groups -OCH3 is 1. The Balaban J connectivity index is 1.88. The normalized spacial score (nSPS) is 16.9. The minimum atomic E-state index is -0.448. The molecule has 1 fully saturated rings. The van der Waals surface area contributed by atoms with Crippen LogP contribution in [0.3, 0.4) is 0 Å². The van der Waals surface area contributed by atoms with Crippen molar-refractivity contribution in [1.29, 1.82) is 0 Å². The number of carbonyl (C=O) groups excluding carboxylic acids is 2. The molecule has 1 saturated heterocycles. The van der Waals surface area contributed by atoms with Crippen LogP contribution >= 0.6 is 11.3 Å². The Morgan fingerprint density at radius 2 is 2.20 bits per heavy atom. The maximum atomic E-state index is 12.0. The number of aliphatic hydroxyl groups excluding tert-OH is 1. The SMILES string of the molecule is COC(=O)c1sccc1NC(=O)CN1CCC(O)CC1. The van der Waals surface area contributed by atoms with Gasteiger partial charge in [0.25, 0.3) is 0 Å². The van der Waals surface area contributed by atoms with Gasteiger partial charge in [-0.15, -0.1) is 11.3 Å². The number of hydrogen-bond acceptors (Lipinski definition) is 6. The Bertz CT molecular complexity index is 480. The van der Waals surface area contributed by atoms with E-state index in [0.29, 0.717) is 36.5 Å². The average Bonchev–Trinajstić information content (AvgIpc) is 2.88. The van der Waals surface area contributed by atoms with E-state index < -0.39 is 5.97 Å². The van der Waals surface area contributed by atoms with Gasteiger partial charge in [-0.1, -0.05) is 0 Å². The third-order valence-electron chi connectivity index (χ3n) is 3.23. The zero-order valence-electron chi connectivity index (χ0n) is 11.3. The number of carbonyl (C=O) groups is 2. The molecule has 110 valence electrons. The fraction of sp³-hybridized carbons (Fsp3) is 0.538. The van der Waals surface area contributed by atoms with Crippen molar-refractivity contribution >= 4 is 28.9 Å². The first kappa shape index (κ1) is 15.0. The van der Waals surface area contributed by atoms with Gasteiger partial charge in [-0.3, -0.25) is 9.69 Å². The second kappa shape index (κ2) is 6.83. The number of nitrogens with one attached hydrogen (secondary N) is 1. The van der Waals surface area contributed by atoms with Crippen LogP contribution in [-0.4, -0.2) is 54.7 Å². The Morgan fingerprint density at radius 1 is 1.50 bits per heavy atom. The maximum Gasteiger partial charge on any atom is 0.350 e. The fourth-order valence-electron chi connectivity index (χ4n) is 2.13. The maximum absolute atomic E-state index is 12.0. The number of thiophene rings is 1. The van der Waals surface area contributed by atoms with Gasteiger partial charge in [-0.05, 0) is 24.3 Å². The number of hydrogen-bond donors (Lipinski definition) is 2. The van der Waals surface area contributed by atoms with Gasteiger partial charge in [-0.2, -0.15) is 0 Å². The van der Waals surface area contributed by atoms with E-state index in [1.54, 1.807) is 11.4 Å². The van der Waals surface area contributed by atoms with Gasteiger partial charge < -0.3 is 15.2 Å². The van der Waals surface area contributed by atoms with Gasteiger partial charge in [0.1, 0.15) is 4.88 Å². The van der Waals surface area contributed by atoms with Gasteiger partial charge in [0.05, 0.1) is 25.4 Å². The molecule has 0 aromatic carbocycles. The molecule has 1 aromatic rings. The van der Waals surface area contributed by atoms with E-state index in [9.17, 15) is 14.7 Å². The van der Waals surface area contributed by atoms with Gasteiger partial charge in [0.2, 0.25) is 5.91 Å².